The molecule has 3 N–H and O–H groups in total. The quantitative estimate of drug-likeness (QED) is 0.623. The second-order valence-electron chi connectivity index (χ2n) is 7.52. The van der Waals surface area contributed by atoms with Gasteiger partial charge in [-0.3, -0.25) is 0 Å². The first-order chi connectivity index (χ1) is 13.8. The van der Waals surface area contributed by atoms with Gasteiger partial charge in [0.15, 0.2) is 16.7 Å². The number of fused-ring (bicyclic) bond motifs is 1. The fourth-order valence-electron chi connectivity index (χ4n) is 3.76. The predicted molar refractivity (Wildman–Crippen MR) is 113 cm³/mol. The minimum Gasteiger partial charge on any atom is -0.486 e. The van der Waals surface area contributed by atoms with Crippen LogP contribution in [0, 0.1) is 0 Å². The molecule has 1 atom stereocenters. The predicted octanol–water partition coefficient (Wildman–Crippen LogP) is 5.22. The lowest BCUT2D eigenvalue weighted by atomic mass is 9.96. The summed E-state index contributed by atoms with van der Waals surface area (Å²) in [6.07, 6.45) is 8.73. The van der Waals surface area contributed by atoms with Crippen LogP contribution in [0.1, 0.15) is 48.7 Å². The van der Waals surface area contributed by atoms with E-state index in [1.807, 2.05) is 30.5 Å². The lowest BCUT2D eigenvalue weighted by Crippen LogP contribution is -2.25. The molecular weight excluding hydrogens is 368 g/mol. The van der Waals surface area contributed by atoms with Crippen molar-refractivity contribution in [1.29, 1.82) is 0 Å². The first-order valence-electron chi connectivity index (χ1n) is 10.0. The van der Waals surface area contributed by atoms with Gasteiger partial charge in [0, 0.05) is 22.7 Å². The number of aryl methyl sites for hydroxylation is 1. The Morgan fingerprint density at radius 2 is 1.93 bits per heavy atom. The van der Waals surface area contributed by atoms with Gasteiger partial charge in [-0.05, 0) is 50.2 Å². The number of ether oxygens (including phenoxy) is 1. The Labute approximate surface area is 169 Å². The number of benzene rings is 1. The average Bonchev–Trinajstić information content (AvgIpc) is 3.10. The van der Waals surface area contributed by atoms with Crippen LogP contribution in [0.3, 0.4) is 0 Å². The summed E-state index contributed by atoms with van der Waals surface area (Å²) in [7, 11) is 0. The molecule has 0 aliphatic heterocycles. The molecule has 6 heteroatoms. The van der Waals surface area contributed by atoms with Gasteiger partial charge in [-0.1, -0.05) is 30.3 Å². The highest BCUT2D eigenvalue weighted by Crippen LogP contribution is 2.41. The summed E-state index contributed by atoms with van der Waals surface area (Å²) in [5.41, 5.74) is 9.48. The van der Waals surface area contributed by atoms with Gasteiger partial charge in [0.05, 0.1) is 11.8 Å². The normalized spacial score (nSPS) is 19.0. The van der Waals surface area contributed by atoms with E-state index >= 15 is 0 Å². The Morgan fingerprint density at radius 3 is 2.68 bits per heavy atom. The number of nitrogens with two attached hydrogens (primary N) is 1. The van der Waals surface area contributed by atoms with Crippen molar-refractivity contribution >= 4 is 22.3 Å². The molecule has 2 aliphatic rings. The maximum Gasteiger partial charge on any atom is 0.188 e. The number of pyridine rings is 1. The van der Waals surface area contributed by atoms with Gasteiger partial charge in [-0.25, -0.2) is 9.97 Å². The van der Waals surface area contributed by atoms with Gasteiger partial charge in [-0.15, -0.1) is 11.3 Å². The van der Waals surface area contributed by atoms with Crippen molar-refractivity contribution in [2.45, 2.75) is 50.7 Å². The number of hydrogen-bond acceptors (Lipinski definition) is 6. The van der Waals surface area contributed by atoms with Crippen LogP contribution in [0.4, 0.5) is 10.9 Å². The van der Waals surface area contributed by atoms with Crippen molar-refractivity contribution in [2.24, 2.45) is 5.73 Å². The molecule has 1 unspecified atom stereocenters. The highest BCUT2D eigenvalue weighted by Gasteiger charge is 2.25. The number of anilines is 2. The summed E-state index contributed by atoms with van der Waals surface area (Å²) in [4.78, 5) is 10.7. The zero-order chi connectivity index (χ0) is 18.9. The van der Waals surface area contributed by atoms with Crippen LogP contribution in [0.15, 0.2) is 42.6 Å². The first-order valence-corrected chi connectivity index (χ1v) is 10.8. The molecule has 1 aromatic carbocycles. The van der Waals surface area contributed by atoms with Crippen LogP contribution < -0.4 is 15.8 Å². The number of rotatable bonds is 5. The summed E-state index contributed by atoms with van der Waals surface area (Å²) in [5.74, 6) is 1.55. The van der Waals surface area contributed by atoms with Gasteiger partial charge >= 0.3 is 0 Å². The van der Waals surface area contributed by atoms with Gasteiger partial charge in [-0.2, -0.15) is 0 Å². The van der Waals surface area contributed by atoms with Crippen LogP contribution in [-0.2, 0) is 6.42 Å². The maximum absolute atomic E-state index is 6.39. The molecular formula is C22H24N4OS. The summed E-state index contributed by atoms with van der Waals surface area (Å²) in [6.45, 7) is 0. The van der Waals surface area contributed by atoms with Gasteiger partial charge in [0.2, 0.25) is 0 Å². The summed E-state index contributed by atoms with van der Waals surface area (Å²) in [5, 5.41) is 4.28. The molecule has 2 aliphatic carbocycles. The third-order valence-electron chi connectivity index (χ3n) is 5.55. The van der Waals surface area contributed by atoms with E-state index < -0.39 is 0 Å². The summed E-state index contributed by atoms with van der Waals surface area (Å²) in [6, 6.07) is 12.4. The zero-order valence-corrected chi connectivity index (χ0v) is 16.5. The monoisotopic (exact) mass is 392 g/mol. The van der Waals surface area contributed by atoms with Crippen molar-refractivity contribution in [1.82, 2.24) is 9.97 Å². The Kier molecular flexibility index (Phi) is 4.74. The highest BCUT2D eigenvalue weighted by molar-refractivity contribution is 7.15. The van der Waals surface area contributed by atoms with Crippen molar-refractivity contribution in [3.05, 3.63) is 53.2 Å². The highest BCUT2D eigenvalue weighted by atomic mass is 32.1. The molecule has 0 radical (unpaired) electrons. The van der Waals surface area contributed by atoms with E-state index in [-0.39, 0.29) is 12.1 Å². The standard InChI is InChI=1S/C22H24N4OS/c23-17-10-5-11-18-19(17)25-22(28-18)26-21-20(27-15-8-4-9-15)16(12-13-24-21)14-6-2-1-3-7-14/h1-3,6-7,12-13,15,17H,4-5,8-11,23H2,(H,24,25,26). The third-order valence-corrected chi connectivity index (χ3v) is 6.60. The van der Waals surface area contributed by atoms with Crippen molar-refractivity contribution in [2.75, 3.05) is 5.32 Å². The molecule has 0 spiro atoms. The second kappa shape index (κ2) is 7.53. The van der Waals surface area contributed by atoms with Gasteiger partial charge in [0.1, 0.15) is 0 Å². The Morgan fingerprint density at radius 1 is 1.07 bits per heavy atom. The molecule has 2 aromatic heterocycles. The molecule has 28 heavy (non-hydrogen) atoms. The molecule has 144 valence electrons. The van der Waals surface area contributed by atoms with E-state index in [1.165, 1.54) is 11.3 Å². The molecule has 2 heterocycles. The number of thiazole rings is 1. The van der Waals surface area contributed by atoms with Crippen LogP contribution in [0.5, 0.6) is 5.75 Å². The third kappa shape index (κ3) is 3.38. The number of hydrogen-bond donors (Lipinski definition) is 2. The Bertz CT molecular complexity index is 968. The van der Waals surface area contributed by atoms with Crippen LogP contribution >= 0.6 is 11.3 Å². The van der Waals surface area contributed by atoms with Gasteiger partial charge in [0.25, 0.3) is 0 Å². The molecule has 0 amide bonds. The van der Waals surface area contributed by atoms with Crippen molar-refractivity contribution in [3.8, 4) is 16.9 Å². The summed E-state index contributed by atoms with van der Waals surface area (Å²) < 4.78 is 6.39. The van der Waals surface area contributed by atoms with Crippen molar-refractivity contribution < 1.29 is 4.74 Å². The van der Waals surface area contributed by atoms with Crippen molar-refractivity contribution in [3.63, 3.8) is 0 Å². The molecule has 1 fully saturated rings. The van der Waals surface area contributed by atoms with Gasteiger partial charge < -0.3 is 15.8 Å². The topological polar surface area (TPSA) is 73.1 Å². The van der Waals surface area contributed by atoms with E-state index in [4.69, 9.17) is 15.5 Å². The number of aromatic nitrogens is 2. The Hall–Kier alpha value is -2.44. The van der Waals surface area contributed by atoms with E-state index in [0.29, 0.717) is 0 Å². The van der Waals surface area contributed by atoms with E-state index in [2.05, 4.69) is 22.4 Å². The minimum atomic E-state index is 0.0462. The lowest BCUT2D eigenvalue weighted by Gasteiger charge is -2.28. The first kappa shape index (κ1) is 17.6. The summed E-state index contributed by atoms with van der Waals surface area (Å²) >= 11 is 1.69. The molecule has 1 saturated carbocycles. The lowest BCUT2D eigenvalue weighted by molar-refractivity contribution is 0.121. The van der Waals surface area contributed by atoms with Crippen LogP contribution in [0.25, 0.3) is 11.1 Å². The fourth-order valence-corrected chi connectivity index (χ4v) is 4.84. The van der Waals surface area contributed by atoms with E-state index in [0.717, 1.165) is 65.6 Å². The molecule has 5 nitrogen and oxygen atoms in total. The maximum atomic E-state index is 6.39. The number of nitrogens with one attached hydrogen (secondary N) is 1. The largest absolute Gasteiger partial charge is 0.486 e. The van der Waals surface area contributed by atoms with Crippen LogP contribution in [-0.4, -0.2) is 16.1 Å². The number of nitrogens with zero attached hydrogens (tertiary/aromatic N) is 2. The molecule has 3 aromatic rings. The smallest absolute Gasteiger partial charge is 0.188 e. The van der Waals surface area contributed by atoms with Crippen LogP contribution in [0.2, 0.25) is 0 Å². The second-order valence-corrected chi connectivity index (χ2v) is 8.61. The zero-order valence-electron chi connectivity index (χ0n) is 15.7. The SMILES string of the molecule is NC1CCCc2sc(Nc3nccc(-c4ccccc4)c3OC3CCC3)nc21. The van der Waals surface area contributed by atoms with E-state index in [1.54, 1.807) is 11.3 Å². The minimum absolute atomic E-state index is 0.0462. The molecule has 5 rings (SSSR count). The molecule has 0 saturated heterocycles. The van der Waals surface area contributed by atoms with E-state index in [9.17, 15) is 0 Å². The molecule has 0 bridgehead atoms. The average molecular weight is 393 g/mol. The fraction of sp³-hybridized carbons (Fsp3) is 0.364. The Balaban J connectivity index is 1.51.